The van der Waals surface area contributed by atoms with Crippen LogP contribution in [-0.2, 0) is 30.4 Å². The Morgan fingerprint density at radius 1 is 1.19 bits per heavy atom. The van der Waals surface area contributed by atoms with Crippen LogP contribution in [-0.4, -0.2) is 64.3 Å². The molecule has 10 heteroatoms. The minimum atomic E-state index is -1.21. The van der Waals surface area contributed by atoms with Crippen molar-refractivity contribution in [1.29, 1.82) is 0 Å². The van der Waals surface area contributed by atoms with Crippen LogP contribution in [0.25, 0.3) is 0 Å². The largest absolute Gasteiger partial charge is 0.480 e. The lowest BCUT2D eigenvalue weighted by Gasteiger charge is -2.31. The van der Waals surface area contributed by atoms with E-state index in [0.717, 1.165) is 10.5 Å². The molecule has 10 nitrogen and oxygen atoms in total. The van der Waals surface area contributed by atoms with Crippen molar-refractivity contribution in [1.82, 2.24) is 15.5 Å². The molecule has 5 N–H and O–H groups in total. The lowest BCUT2D eigenvalue weighted by atomic mass is 10.0. The molecule has 0 radical (unpaired) electrons. The van der Waals surface area contributed by atoms with Gasteiger partial charge in [0, 0.05) is 6.42 Å². The number of aliphatic carboxylic acids is 1. The van der Waals surface area contributed by atoms with Crippen LogP contribution in [0.3, 0.4) is 0 Å². The zero-order valence-electron chi connectivity index (χ0n) is 17.5. The van der Waals surface area contributed by atoms with Gasteiger partial charge in [0.25, 0.3) is 5.91 Å². The van der Waals surface area contributed by atoms with Gasteiger partial charge in [-0.15, -0.1) is 0 Å². The highest BCUT2D eigenvalue weighted by Gasteiger charge is 2.37. The summed E-state index contributed by atoms with van der Waals surface area (Å²) in [7, 11) is 0. The van der Waals surface area contributed by atoms with Crippen LogP contribution in [0, 0.1) is 5.92 Å². The molecule has 1 aromatic rings. The Morgan fingerprint density at radius 2 is 1.84 bits per heavy atom. The average Bonchev–Trinajstić information content (AvgIpc) is 2.71. The maximum atomic E-state index is 12.7. The number of carbonyl (C=O) groups excluding carboxylic acids is 4. The highest BCUT2D eigenvalue weighted by atomic mass is 16.4. The molecule has 0 aliphatic carbocycles. The van der Waals surface area contributed by atoms with Gasteiger partial charge in [0.05, 0.1) is 6.04 Å². The van der Waals surface area contributed by atoms with Crippen LogP contribution in [0.2, 0.25) is 0 Å². The van der Waals surface area contributed by atoms with Crippen LogP contribution in [0.5, 0.6) is 0 Å². The van der Waals surface area contributed by atoms with E-state index in [9.17, 15) is 29.1 Å². The van der Waals surface area contributed by atoms with E-state index in [2.05, 4.69) is 10.6 Å². The molecule has 31 heavy (non-hydrogen) atoms. The molecule has 0 aromatic heterocycles. The summed E-state index contributed by atoms with van der Waals surface area (Å²) in [4.78, 5) is 61.5. The van der Waals surface area contributed by atoms with Gasteiger partial charge >= 0.3 is 5.97 Å². The molecule has 1 saturated heterocycles. The predicted molar refractivity (Wildman–Crippen MR) is 110 cm³/mol. The minimum Gasteiger partial charge on any atom is -0.480 e. The predicted octanol–water partition coefficient (Wildman–Crippen LogP) is -0.584. The normalized spacial score (nSPS) is 18.5. The Kier molecular flexibility index (Phi) is 8.26. The number of carboxylic acid groups (broad SMARTS) is 1. The molecular formula is C21H28N4O6. The van der Waals surface area contributed by atoms with Gasteiger partial charge in [0.1, 0.15) is 18.6 Å². The molecule has 0 unspecified atom stereocenters. The Labute approximate surface area is 180 Å². The summed E-state index contributed by atoms with van der Waals surface area (Å²) in [6.07, 6.45) is 0.345. The standard InChI is InChI=1S/C21H28N4O6/c1-12(2)18(21(30)31)24-16(26)11-25-17(27)9-8-15(20(25)29)23-19(28)14(22)10-13-6-4-3-5-7-13/h3-7,12,14-15,18H,8-11,22H2,1-2H3,(H,23,28)(H,24,26)(H,30,31)/t14-,15-,18-/m0/s1. The second kappa shape index (κ2) is 10.7. The number of carboxylic acids is 1. The first-order valence-corrected chi connectivity index (χ1v) is 10.1. The molecule has 1 aliphatic heterocycles. The van der Waals surface area contributed by atoms with Crippen molar-refractivity contribution in [3.63, 3.8) is 0 Å². The molecule has 1 aromatic carbocycles. The number of hydrogen-bond donors (Lipinski definition) is 4. The number of hydrogen-bond acceptors (Lipinski definition) is 6. The van der Waals surface area contributed by atoms with E-state index in [-0.39, 0.29) is 25.2 Å². The monoisotopic (exact) mass is 432 g/mol. The summed E-state index contributed by atoms with van der Waals surface area (Å²) in [5.41, 5.74) is 6.81. The maximum absolute atomic E-state index is 12.7. The maximum Gasteiger partial charge on any atom is 0.326 e. The fourth-order valence-electron chi connectivity index (χ4n) is 3.25. The van der Waals surface area contributed by atoms with Crippen molar-refractivity contribution in [2.75, 3.05) is 6.54 Å². The number of imide groups is 1. The van der Waals surface area contributed by atoms with Gasteiger partial charge in [0.2, 0.25) is 17.7 Å². The second-order valence-corrected chi connectivity index (χ2v) is 7.84. The molecule has 0 bridgehead atoms. The zero-order valence-corrected chi connectivity index (χ0v) is 17.5. The summed E-state index contributed by atoms with van der Waals surface area (Å²) < 4.78 is 0. The molecule has 4 amide bonds. The third-order valence-corrected chi connectivity index (χ3v) is 5.01. The Balaban J connectivity index is 1.97. The summed E-state index contributed by atoms with van der Waals surface area (Å²) >= 11 is 0. The van der Waals surface area contributed by atoms with E-state index >= 15 is 0 Å². The summed E-state index contributed by atoms with van der Waals surface area (Å²) in [6, 6.07) is 6.15. The number of nitrogens with two attached hydrogens (primary N) is 1. The quantitative estimate of drug-likeness (QED) is 0.380. The molecule has 0 saturated carbocycles. The molecule has 168 valence electrons. The van der Waals surface area contributed by atoms with Crippen LogP contribution >= 0.6 is 0 Å². The van der Waals surface area contributed by atoms with Gasteiger partial charge in [-0.25, -0.2) is 4.79 Å². The smallest absolute Gasteiger partial charge is 0.326 e. The first kappa shape index (κ1) is 24.0. The van der Waals surface area contributed by atoms with E-state index in [0.29, 0.717) is 0 Å². The van der Waals surface area contributed by atoms with Crippen molar-refractivity contribution in [3.8, 4) is 0 Å². The number of nitrogens with one attached hydrogen (secondary N) is 2. The fraction of sp³-hybridized carbons (Fsp3) is 0.476. The lowest BCUT2D eigenvalue weighted by Crippen LogP contribution is -2.59. The topological polar surface area (TPSA) is 159 Å². The Bertz CT molecular complexity index is 842. The molecule has 1 heterocycles. The van der Waals surface area contributed by atoms with Crippen molar-refractivity contribution in [2.24, 2.45) is 11.7 Å². The number of rotatable bonds is 9. The van der Waals surface area contributed by atoms with Crippen molar-refractivity contribution in [3.05, 3.63) is 35.9 Å². The lowest BCUT2D eigenvalue weighted by molar-refractivity contribution is -0.153. The van der Waals surface area contributed by atoms with Crippen molar-refractivity contribution >= 4 is 29.6 Å². The van der Waals surface area contributed by atoms with Gasteiger partial charge in [-0.1, -0.05) is 44.2 Å². The average molecular weight is 432 g/mol. The number of likely N-dealkylation sites (tertiary alicyclic amines) is 1. The van der Waals surface area contributed by atoms with E-state index in [1.54, 1.807) is 13.8 Å². The van der Waals surface area contributed by atoms with E-state index in [4.69, 9.17) is 5.73 Å². The third kappa shape index (κ3) is 6.61. The molecule has 2 rings (SSSR count). The minimum absolute atomic E-state index is 0.0373. The van der Waals surface area contributed by atoms with E-state index in [1.165, 1.54) is 0 Å². The molecule has 0 spiro atoms. The molecular weight excluding hydrogens is 404 g/mol. The fourth-order valence-corrected chi connectivity index (χ4v) is 3.25. The van der Waals surface area contributed by atoms with E-state index in [1.807, 2.05) is 30.3 Å². The Hall–Kier alpha value is -3.27. The van der Waals surface area contributed by atoms with Gasteiger partial charge in [-0.05, 0) is 24.3 Å². The Morgan fingerprint density at radius 3 is 2.42 bits per heavy atom. The van der Waals surface area contributed by atoms with Crippen LogP contribution in [0.4, 0.5) is 0 Å². The van der Waals surface area contributed by atoms with Gasteiger partial charge in [-0.2, -0.15) is 0 Å². The van der Waals surface area contributed by atoms with Crippen molar-refractivity contribution < 1.29 is 29.1 Å². The number of benzene rings is 1. The van der Waals surface area contributed by atoms with Crippen molar-refractivity contribution in [2.45, 2.75) is 51.2 Å². The molecule has 3 atom stereocenters. The number of amides is 4. The summed E-state index contributed by atoms with van der Waals surface area (Å²) in [6.45, 7) is 2.64. The first-order chi connectivity index (χ1) is 14.6. The zero-order chi connectivity index (χ0) is 23.1. The first-order valence-electron chi connectivity index (χ1n) is 10.1. The highest BCUT2D eigenvalue weighted by molar-refractivity contribution is 6.04. The van der Waals surface area contributed by atoms with E-state index < -0.39 is 54.3 Å². The second-order valence-electron chi connectivity index (χ2n) is 7.84. The third-order valence-electron chi connectivity index (χ3n) is 5.01. The summed E-state index contributed by atoms with van der Waals surface area (Å²) in [5, 5.41) is 14.0. The number of carbonyl (C=O) groups is 5. The van der Waals surface area contributed by atoms with Gasteiger partial charge in [0.15, 0.2) is 0 Å². The van der Waals surface area contributed by atoms with Gasteiger partial charge in [-0.3, -0.25) is 24.1 Å². The highest BCUT2D eigenvalue weighted by Crippen LogP contribution is 2.14. The molecule has 1 fully saturated rings. The van der Waals surface area contributed by atoms with Gasteiger partial charge < -0.3 is 21.5 Å². The number of nitrogens with zero attached hydrogens (tertiary/aromatic N) is 1. The van der Waals surface area contributed by atoms with Crippen LogP contribution < -0.4 is 16.4 Å². The van der Waals surface area contributed by atoms with Crippen LogP contribution in [0.1, 0.15) is 32.3 Å². The SMILES string of the molecule is CC(C)[C@H](NC(=O)CN1C(=O)CC[C@H](NC(=O)[C@@H](N)Cc2ccccc2)C1=O)C(=O)O. The van der Waals surface area contributed by atoms with Crippen LogP contribution in [0.15, 0.2) is 30.3 Å². The molecule has 1 aliphatic rings. The summed E-state index contributed by atoms with van der Waals surface area (Å²) in [5.74, 6) is -4.18. The number of piperidine rings is 1.